The first-order valence-electron chi connectivity index (χ1n) is 9.64. The Morgan fingerprint density at radius 2 is 1.20 bits per heavy atom. The average molecular weight is 496 g/mol. The van der Waals surface area contributed by atoms with Crippen LogP contribution in [0, 0.1) is 5.92 Å². The van der Waals surface area contributed by atoms with Crippen LogP contribution in [0.2, 0.25) is 0 Å². The van der Waals surface area contributed by atoms with Gasteiger partial charge in [0.2, 0.25) is 0 Å². The molecule has 1 aromatic carbocycles. The molecule has 0 aliphatic rings. The lowest BCUT2D eigenvalue weighted by Gasteiger charge is -2.18. The molecular weight excluding hydrogens is 476 g/mol. The molecule has 1 N–H and O–H groups in total. The third-order valence-corrected chi connectivity index (χ3v) is 3.75. The van der Waals surface area contributed by atoms with Crippen molar-refractivity contribution in [2.24, 2.45) is 5.92 Å². The van der Waals surface area contributed by atoms with Crippen LogP contribution in [0.5, 0.6) is 0 Å². The van der Waals surface area contributed by atoms with Crippen LogP contribution in [0.1, 0.15) is 37.7 Å². The Kier molecular flexibility index (Phi) is 17.0. The second-order valence-electron chi connectivity index (χ2n) is 6.61. The molecule has 2 atom stereocenters. The summed E-state index contributed by atoms with van der Waals surface area (Å²) in [6, 6.07) is 8.81. The molecule has 0 fully saturated rings. The zero-order valence-electron chi connectivity index (χ0n) is 18.0. The van der Waals surface area contributed by atoms with Gasteiger partial charge in [-0.1, -0.05) is 30.3 Å². The van der Waals surface area contributed by atoms with E-state index in [-0.39, 0.29) is 12.8 Å². The van der Waals surface area contributed by atoms with Gasteiger partial charge in [-0.15, -0.1) is 0 Å². The van der Waals surface area contributed by atoms with Crippen molar-refractivity contribution in [2.75, 3.05) is 0 Å². The molecular formula is C21H20O14-6. The molecule has 0 saturated heterocycles. The fourth-order valence-corrected chi connectivity index (χ4v) is 2.03. The molecule has 1 rings (SSSR count). The van der Waals surface area contributed by atoms with Gasteiger partial charge in [0, 0.05) is 36.2 Å². The number of aliphatic hydroxyl groups excluding tert-OH is 1. The second-order valence-corrected chi connectivity index (χ2v) is 6.61. The SMILES string of the molecule is O=C([O-])CC(Cc1ccccc1)C(=O)[O-].O=C([O-])CCC(=O)C(=O)[O-].O=C([O-])CCC(O)C(=O)[O-]. The Hall–Kier alpha value is -4.33. The number of ketones is 1. The van der Waals surface area contributed by atoms with Crippen molar-refractivity contribution in [1.29, 1.82) is 0 Å². The van der Waals surface area contributed by atoms with E-state index >= 15 is 0 Å². The van der Waals surface area contributed by atoms with E-state index in [0.29, 0.717) is 0 Å². The molecule has 0 heterocycles. The first kappa shape index (κ1) is 32.8. The van der Waals surface area contributed by atoms with Gasteiger partial charge in [-0.25, -0.2) is 0 Å². The van der Waals surface area contributed by atoms with E-state index in [9.17, 15) is 64.2 Å². The van der Waals surface area contributed by atoms with Crippen LogP contribution in [0.3, 0.4) is 0 Å². The maximum Gasteiger partial charge on any atom is 0.178 e. The Balaban J connectivity index is 0. The fraction of sp³-hybridized carbons (Fsp3) is 0.381. The standard InChI is InChI=1S/C11H12O4.C5H8O5.C5H6O5/c12-10(13)7-9(11(14)15)6-8-4-2-1-3-5-8;2*6-3(5(9)10)1-2-4(7)8/h1-5,9H,6-7H2,(H,12,13)(H,14,15);3,6H,1-2H2,(H,7,8)(H,9,10);1-2H2,(H,7,8)(H,9,10)/p-6. The Labute approximate surface area is 198 Å². The molecule has 0 saturated carbocycles. The molecule has 0 aliphatic carbocycles. The largest absolute Gasteiger partial charge is 0.550 e. The van der Waals surface area contributed by atoms with Crippen molar-refractivity contribution in [1.82, 2.24) is 0 Å². The van der Waals surface area contributed by atoms with Crippen LogP contribution in [0.4, 0.5) is 0 Å². The maximum absolute atomic E-state index is 10.6. The molecule has 0 spiro atoms. The van der Waals surface area contributed by atoms with Gasteiger partial charge in [0.05, 0.1) is 12.1 Å². The van der Waals surface area contributed by atoms with Gasteiger partial charge in [-0.05, 0) is 37.7 Å². The molecule has 0 aliphatic heterocycles. The van der Waals surface area contributed by atoms with Crippen molar-refractivity contribution in [2.45, 2.75) is 44.6 Å². The Morgan fingerprint density at radius 1 is 0.686 bits per heavy atom. The summed E-state index contributed by atoms with van der Waals surface area (Å²) in [6.45, 7) is 0. The number of carbonyl (C=O) groups is 7. The fourth-order valence-electron chi connectivity index (χ4n) is 2.03. The number of Topliss-reactive ketones (excluding diaryl/α,β-unsaturated/α-hetero) is 1. The first-order chi connectivity index (χ1) is 16.2. The molecule has 0 bridgehead atoms. The molecule has 0 aromatic heterocycles. The zero-order chi connectivity index (χ0) is 27.6. The van der Waals surface area contributed by atoms with E-state index in [1.807, 2.05) is 0 Å². The van der Waals surface area contributed by atoms with Crippen LogP contribution in [0.15, 0.2) is 30.3 Å². The van der Waals surface area contributed by atoms with Gasteiger partial charge in [0.25, 0.3) is 0 Å². The maximum atomic E-state index is 10.6. The summed E-state index contributed by atoms with van der Waals surface area (Å²) in [5, 5.41) is 68.1. The van der Waals surface area contributed by atoms with E-state index in [4.69, 9.17) is 5.11 Å². The van der Waals surface area contributed by atoms with Gasteiger partial charge in [-0.2, -0.15) is 0 Å². The van der Waals surface area contributed by atoms with E-state index in [2.05, 4.69) is 0 Å². The zero-order valence-corrected chi connectivity index (χ0v) is 18.0. The summed E-state index contributed by atoms with van der Waals surface area (Å²) in [4.78, 5) is 69.7. The molecule has 0 amide bonds. The summed E-state index contributed by atoms with van der Waals surface area (Å²) in [5.41, 5.74) is 0.771. The van der Waals surface area contributed by atoms with Gasteiger partial charge in [0.15, 0.2) is 5.78 Å². The lowest BCUT2D eigenvalue weighted by atomic mass is 9.96. The predicted octanol–water partition coefficient (Wildman–Crippen LogP) is -7.80. The van der Waals surface area contributed by atoms with Crippen molar-refractivity contribution < 1.29 is 69.3 Å². The Morgan fingerprint density at radius 3 is 1.57 bits per heavy atom. The molecule has 0 radical (unpaired) electrons. The molecule has 194 valence electrons. The highest BCUT2D eigenvalue weighted by Gasteiger charge is 2.11. The van der Waals surface area contributed by atoms with Gasteiger partial charge < -0.3 is 64.5 Å². The van der Waals surface area contributed by atoms with Crippen molar-refractivity contribution in [3.05, 3.63) is 35.9 Å². The number of aliphatic carboxylic acids is 6. The molecule has 14 nitrogen and oxygen atoms in total. The van der Waals surface area contributed by atoms with Crippen LogP contribution in [0.25, 0.3) is 0 Å². The van der Waals surface area contributed by atoms with Crippen molar-refractivity contribution in [3.8, 4) is 0 Å². The first-order valence-corrected chi connectivity index (χ1v) is 9.64. The summed E-state index contributed by atoms with van der Waals surface area (Å²) in [6.07, 6.45) is -4.07. The van der Waals surface area contributed by atoms with E-state index in [1.165, 1.54) is 0 Å². The van der Waals surface area contributed by atoms with Gasteiger partial charge in [0.1, 0.15) is 5.97 Å². The number of aliphatic hydroxyl groups is 1. The quantitative estimate of drug-likeness (QED) is 0.248. The van der Waals surface area contributed by atoms with Crippen molar-refractivity contribution >= 4 is 41.6 Å². The van der Waals surface area contributed by atoms with Gasteiger partial charge >= 0.3 is 0 Å². The minimum Gasteiger partial charge on any atom is -0.550 e. The number of hydrogen-bond donors (Lipinski definition) is 1. The number of hydrogen-bond acceptors (Lipinski definition) is 14. The number of rotatable bonds is 13. The summed E-state index contributed by atoms with van der Waals surface area (Å²) < 4.78 is 0. The average Bonchev–Trinajstić information content (AvgIpc) is 2.76. The third kappa shape index (κ3) is 20.0. The number of carboxylic acids is 6. The lowest BCUT2D eigenvalue weighted by Crippen LogP contribution is -2.37. The minimum absolute atomic E-state index is 0.150. The highest BCUT2D eigenvalue weighted by Crippen LogP contribution is 2.11. The number of carboxylic acid groups (broad SMARTS) is 6. The Bertz CT molecular complexity index is 877. The van der Waals surface area contributed by atoms with Crippen molar-refractivity contribution in [3.63, 3.8) is 0 Å². The normalized spacial score (nSPS) is 11.2. The van der Waals surface area contributed by atoms with E-state index in [0.717, 1.165) is 5.56 Å². The highest BCUT2D eigenvalue weighted by molar-refractivity contribution is 6.31. The predicted molar refractivity (Wildman–Crippen MR) is 97.8 cm³/mol. The highest BCUT2D eigenvalue weighted by atomic mass is 16.4. The lowest BCUT2D eigenvalue weighted by molar-refractivity contribution is -0.320. The van der Waals surface area contributed by atoms with Crippen LogP contribution in [-0.2, 0) is 40.0 Å². The number of carbonyl (C=O) groups excluding carboxylic acids is 7. The van der Waals surface area contributed by atoms with Crippen LogP contribution in [-0.4, -0.2) is 52.8 Å². The number of benzene rings is 1. The van der Waals surface area contributed by atoms with Crippen LogP contribution < -0.4 is 30.6 Å². The topological polar surface area (TPSA) is 278 Å². The molecule has 1 aromatic rings. The second kappa shape index (κ2) is 18.1. The molecule has 14 heteroatoms. The summed E-state index contributed by atoms with van der Waals surface area (Å²) in [5.74, 6) is -11.3. The third-order valence-electron chi connectivity index (χ3n) is 3.75. The van der Waals surface area contributed by atoms with Crippen LogP contribution >= 0.6 is 0 Å². The van der Waals surface area contributed by atoms with E-state index < -0.39 is 79.3 Å². The molecule has 35 heavy (non-hydrogen) atoms. The van der Waals surface area contributed by atoms with E-state index in [1.54, 1.807) is 30.3 Å². The minimum atomic E-state index is -1.86. The summed E-state index contributed by atoms with van der Waals surface area (Å²) >= 11 is 0. The monoisotopic (exact) mass is 496 g/mol. The molecule has 2 unspecified atom stereocenters. The smallest absolute Gasteiger partial charge is 0.178 e. The van der Waals surface area contributed by atoms with Gasteiger partial charge in [-0.3, -0.25) is 4.79 Å². The summed E-state index contributed by atoms with van der Waals surface area (Å²) in [7, 11) is 0.